The standard InChI is InChI=1S/C21H31NO/c1-20-10-8-14(13-22-3)12-15(20)4-5-16-17-6-7-19(23)21(17,2)11-9-18(16)20/h12-14,16-18H,4-11H2,1-3H3/t14-,16?,17?,18?,20-,21-/m0/s1. The molecule has 6 atom stereocenters. The molecule has 0 aromatic carbocycles. The van der Waals surface area contributed by atoms with Gasteiger partial charge in [0.15, 0.2) is 0 Å². The van der Waals surface area contributed by atoms with Crippen molar-refractivity contribution in [1.82, 2.24) is 0 Å². The van der Waals surface area contributed by atoms with Crippen molar-refractivity contribution >= 4 is 12.0 Å². The van der Waals surface area contributed by atoms with Crippen molar-refractivity contribution < 1.29 is 4.79 Å². The molecule has 4 aliphatic rings. The number of aliphatic imine (C=N–C) groups is 1. The normalized spacial score (nSPS) is 49.5. The third-order valence-corrected chi connectivity index (χ3v) is 8.20. The average molecular weight is 313 g/mol. The van der Waals surface area contributed by atoms with E-state index in [1.54, 1.807) is 5.57 Å². The van der Waals surface area contributed by atoms with Gasteiger partial charge < -0.3 is 4.99 Å². The molecule has 0 spiro atoms. The molecule has 0 saturated heterocycles. The molecule has 3 saturated carbocycles. The number of allylic oxidation sites excluding steroid dienone is 2. The smallest absolute Gasteiger partial charge is 0.139 e. The predicted molar refractivity (Wildman–Crippen MR) is 94.6 cm³/mol. The molecule has 126 valence electrons. The highest BCUT2D eigenvalue weighted by Crippen LogP contribution is 2.64. The van der Waals surface area contributed by atoms with Gasteiger partial charge in [-0.05, 0) is 68.1 Å². The first-order valence-corrected chi connectivity index (χ1v) is 9.66. The van der Waals surface area contributed by atoms with Crippen LogP contribution in [0.3, 0.4) is 0 Å². The van der Waals surface area contributed by atoms with Gasteiger partial charge in [-0.25, -0.2) is 0 Å². The number of Topliss-reactive ketones (excluding diaryl/α,β-unsaturated/α-hetero) is 1. The summed E-state index contributed by atoms with van der Waals surface area (Å²) in [4.78, 5) is 16.7. The van der Waals surface area contributed by atoms with E-state index >= 15 is 0 Å². The largest absolute Gasteiger partial charge is 0.300 e. The van der Waals surface area contributed by atoms with E-state index in [2.05, 4.69) is 31.1 Å². The monoisotopic (exact) mass is 313 g/mol. The fraction of sp³-hybridized carbons (Fsp3) is 0.810. The Morgan fingerprint density at radius 3 is 2.57 bits per heavy atom. The Kier molecular flexibility index (Phi) is 3.59. The summed E-state index contributed by atoms with van der Waals surface area (Å²) in [7, 11) is 1.89. The molecule has 4 aliphatic carbocycles. The molecule has 0 N–H and O–H groups in total. The zero-order chi connectivity index (χ0) is 16.2. The Bertz CT molecular complexity index is 576. The highest BCUT2D eigenvalue weighted by Gasteiger charge is 2.58. The molecule has 2 nitrogen and oxygen atoms in total. The second-order valence-corrected chi connectivity index (χ2v) is 9.05. The minimum absolute atomic E-state index is 0.0187. The van der Waals surface area contributed by atoms with E-state index in [1.807, 2.05) is 7.05 Å². The third-order valence-electron chi connectivity index (χ3n) is 8.20. The van der Waals surface area contributed by atoms with Crippen LogP contribution >= 0.6 is 0 Å². The van der Waals surface area contributed by atoms with Crippen LogP contribution in [0.1, 0.15) is 65.2 Å². The second kappa shape index (κ2) is 5.29. The lowest BCUT2D eigenvalue weighted by atomic mass is 9.47. The molecular weight excluding hydrogens is 282 g/mol. The third kappa shape index (κ3) is 2.13. The van der Waals surface area contributed by atoms with Crippen molar-refractivity contribution in [3.8, 4) is 0 Å². The molecule has 4 rings (SSSR count). The van der Waals surface area contributed by atoms with Crippen molar-refractivity contribution in [1.29, 1.82) is 0 Å². The van der Waals surface area contributed by atoms with Crippen LogP contribution in [0.2, 0.25) is 0 Å². The summed E-state index contributed by atoms with van der Waals surface area (Å²) in [5.41, 5.74) is 2.13. The van der Waals surface area contributed by atoms with E-state index in [4.69, 9.17) is 0 Å². The zero-order valence-corrected chi connectivity index (χ0v) is 15.0. The summed E-state index contributed by atoms with van der Waals surface area (Å²) >= 11 is 0. The molecular formula is C21H31NO. The number of nitrogens with zero attached hydrogens (tertiary/aromatic N) is 1. The first-order valence-electron chi connectivity index (χ1n) is 9.66. The number of hydrogen-bond donors (Lipinski definition) is 0. The van der Waals surface area contributed by atoms with Gasteiger partial charge in [-0.15, -0.1) is 0 Å². The number of carbonyl (C=O) groups is 1. The Balaban J connectivity index is 1.65. The highest BCUT2D eigenvalue weighted by atomic mass is 16.1. The van der Waals surface area contributed by atoms with Crippen LogP contribution in [-0.2, 0) is 4.79 Å². The van der Waals surface area contributed by atoms with Gasteiger partial charge >= 0.3 is 0 Å². The van der Waals surface area contributed by atoms with Crippen molar-refractivity contribution in [2.75, 3.05) is 7.05 Å². The van der Waals surface area contributed by atoms with Gasteiger partial charge in [-0.3, -0.25) is 4.79 Å². The maximum atomic E-state index is 12.5. The summed E-state index contributed by atoms with van der Waals surface area (Å²) in [5, 5.41) is 0. The zero-order valence-electron chi connectivity index (χ0n) is 15.0. The van der Waals surface area contributed by atoms with Gasteiger partial charge in [-0.2, -0.15) is 0 Å². The van der Waals surface area contributed by atoms with Gasteiger partial charge in [0.05, 0.1) is 0 Å². The molecule has 2 heteroatoms. The Hall–Kier alpha value is -0.920. The fourth-order valence-electron chi connectivity index (χ4n) is 6.83. The van der Waals surface area contributed by atoms with Crippen molar-refractivity contribution in [2.45, 2.75) is 65.2 Å². The summed E-state index contributed by atoms with van der Waals surface area (Å²) < 4.78 is 0. The molecule has 3 unspecified atom stereocenters. The molecule has 0 heterocycles. The highest BCUT2D eigenvalue weighted by molar-refractivity contribution is 5.87. The second-order valence-electron chi connectivity index (χ2n) is 9.05. The molecule has 0 aliphatic heterocycles. The molecule has 23 heavy (non-hydrogen) atoms. The Morgan fingerprint density at radius 1 is 1.04 bits per heavy atom. The summed E-state index contributed by atoms with van der Waals surface area (Å²) in [6.07, 6.45) is 14.2. The van der Waals surface area contributed by atoms with Gasteiger partial charge in [0.25, 0.3) is 0 Å². The molecule has 3 fully saturated rings. The van der Waals surface area contributed by atoms with Crippen LogP contribution in [0.15, 0.2) is 16.6 Å². The van der Waals surface area contributed by atoms with E-state index in [9.17, 15) is 4.79 Å². The maximum Gasteiger partial charge on any atom is 0.139 e. The number of fused-ring (bicyclic) bond motifs is 5. The van der Waals surface area contributed by atoms with E-state index in [-0.39, 0.29) is 5.41 Å². The van der Waals surface area contributed by atoms with Gasteiger partial charge in [-0.1, -0.05) is 25.5 Å². The van der Waals surface area contributed by atoms with E-state index in [0.717, 1.165) is 31.1 Å². The van der Waals surface area contributed by atoms with Crippen LogP contribution in [-0.4, -0.2) is 19.0 Å². The predicted octanol–water partition coefficient (Wildman–Crippen LogP) is 4.84. The molecule has 0 amide bonds. The summed E-state index contributed by atoms with van der Waals surface area (Å²) in [5.74, 6) is 3.39. The van der Waals surface area contributed by atoms with E-state index in [1.165, 1.54) is 32.1 Å². The average Bonchev–Trinajstić information content (AvgIpc) is 2.84. The maximum absolute atomic E-state index is 12.5. The summed E-state index contributed by atoms with van der Waals surface area (Å²) in [6, 6.07) is 0. The first kappa shape index (κ1) is 15.6. The molecule has 0 radical (unpaired) electrons. The lowest BCUT2D eigenvalue weighted by Crippen LogP contribution is -2.50. The van der Waals surface area contributed by atoms with E-state index < -0.39 is 0 Å². The van der Waals surface area contributed by atoms with Gasteiger partial charge in [0.1, 0.15) is 5.78 Å². The number of carbonyl (C=O) groups excluding carboxylic acids is 1. The number of ketones is 1. The van der Waals surface area contributed by atoms with Crippen molar-refractivity contribution in [3.05, 3.63) is 11.6 Å². The lowest BCUT2D eigenvalue weighted by Gasteiger charge is -2.57. The van der Waals surface area contributed by atoms with Crippen LogP contribution in [0.5, 0.6) is 0 Å². The molecule has 0 aromatic heterocycles. The van der Waals surface area contributed by atoms with Crippen LogP contribution in [0.4, 0.5) is 0 Å². The molecule has 0 aromatic rings. The molecule has 0 bridgehead atoms. The number of hydrogen-bond acceptors (Lipinski definition) is 2. The van der Waals surface area contributed by atoms with Gasteiger partial charge in [0, 0.05) is 31.0 Å². The lowest BCUT2D eigenvalue weighted by molar-refractivity contribution is -0.132. The SMILES string of the molecule is CN=C[C@@H]1C=C2CCC3C(CC[C@]4(C)C(=O)CCC34)[C@@]2(C)CC1. The van der Waals surface area contributed by atoms with Crippen molar-refractivity contribution in [2.24, 2.45) is 39.5 Å². The van der Waals surface area contributed by atoms with Gasteiger partial charge in [0.2, 0.25) is 0 Å². The minimum Gasteiger partial charge on any atom is -0.300 e. The summed E-state index contributed by atoms with van der Waals surface area (Å²) in [6.45, 7) is 4.82. The Labute approximate surface area is 140 Å². The van der Waals surface area contributed by atoms with Crippen LogP contribution in [0, 0.1) is 34.5 Å². The Morgan fingerprint density at radius 2 is 1.78 bits per heavy atom. The quantitative estimate of drug-likeness (QED) is 0.503. The van der Waals surface area contributed by atoms with E-state index in [0.29, 0.717) is 23.0 Å². The minimum atomic E-state index is 0.0187. The first-order chi connectivity index (χ1) is 11.0. The van der Waals surface area contributed by atoms with Crippen LogP contribution < -0.4 is 0 Å². The fourth-order valence-corrected chi connectivity index (χ4v) is 6.83. The van der Waals surface area contributed by atoms with Crippen LogP contribution in [0.25, 0.3) is 0 Å². The topological polar surface area (TPSA) is 29.4 Å². The van der Waals surface area contributed by atoms with Crippen molar-refractivity contribution in [3.63, 3.8) is 0 Å². The number of rotatable bonds is 1.